The van der Waals surface area contributed by atoms with E-state index in [1.165, 1.54) is 0 Å². The minimum absolute atomic E-state index is 0.0301. The van der Waals surface area contributed by atoms with Crippen LogP contribution in [0.25, 0.3) is 0 Å². The molecule has 0 bridgehead atoms. The quantitative estimate of drug-likeness (QED) is 0.537. The Balaban J connectivity index is 2.49. The SMILES string of the molecule is CC1OCCC1C(N)=O. The summed E-state index contributed by atoms with van der Waals surface area (Å²) < 4.78 is 5.13. The summed E-state index contributed by atoms with van der Waals surface area (Å²) in [6.45, 7) is 2.55. The molecule has 9 heavy (non-hydrogen) atoms. The summed E-state index contributed by atoms with van der Waals surface area (Å²) in [4.78, 5) is 10.6. The van der Waals surface area contributed by atoms with Crippen LogP contribution in [0.15, 0.2) is 0 Å². The van der Waals surface area contributed by atoms with Crippen LogP contribution in [0, 0.1) is 5.92 Å². The number of rotatable bonds is 1. The Morgan fingerprint density at radius 1 is 1.78 bits per heavy atom. The van der Waals surface area contributed by atoms with E-state index in [0.717, 1.165) is 6.42 Å². The molecule has 2 N–H and O–H groups in total. The molecule has 0 aliphatic carbocycles. The van der Waals surface area contributed by atoms with Crippen LogP contribution < -0.4 is 5.73 Å². The Morgan fingerprint density at radius 3 is 2.67 bits per heavy atom. The van der Waals surface area contributed by atoms with Crippen molar-refractivity contribution >= 4 is 5.91 Å². The van der Waals surface area contributed by atoms with E-state index in [4.69, 9.17) is 10.5 Å². The summed E-state index contributed by atoms with van der Waals surface area (Å²) in [7, 11) is 0. The molecule has 1 heterocycles. The predicted octanol–water partition coefficient (Wildman–Crippen LogP) is -0.103. The fourth-order valence-corrected chi connectivity index (χ4v) is 1.11. The van der Waals surface area contributed by atoms with Crippen LogP contribution in [0.5, 0.6) is 0 Å². The van der Waals surface area contributed by atoms with Gasteiger partial charge < -0.3 is 10.5 Å². The number of hydrogen-bond acceptors (Lipinski definition) is 2. The highest BCUT2D eigenvalue weighted by Crippen LogP contribution is 2.19. The third kappa shape index (κ3) is 1.21. The molecule has 1 fully saturated rings. The van der Waals surface area contributed by atoms with Crippen LogP contribution in [0.2, 0.25) is 0 Å². The average molecular weight is 129 g/mol. The van der Waals surface area contributed by atoms with Crippen molar-refractivity contribution in [2.75, 3.05) is 6.61 Å². The van der Waals surface area contributed by atoms with E-state index >= 15 is 0 Å². The monoisotopic (exact) mass is 129 g/mol. The standard InChI is InChI=1S/C6H11NO2/c1-4-5(6(7)8)2-3-9-4/h4-5H,2-3H2,1H3,(H2,7,8). The summed E-state index contributed by atoms with van der Waals surface area (Å²) in [6.07, 6.45) is 0.818. The molecule has 0 aromatic rings. The first-order chi connectivity index (χ1) is 4.22. The van der Waals surface area contributed by atoms with Crippen molar-refractivity contribution in [2.45, 2.75) is 19.4 Å². The molecule has 0 saturated carbocycles. The summed E-state index contributed by atoms with van der Waals surface area (Å²) >= 11 is 0. The third-order valence-corrected chi connectivity index (χ3v) is 1.74. The molecule has 2 unspecified atom stereocenters. The van der Waals surface area contributed by atoms with Crippen LogP contribution in [0.1, 0.15) is 13.3 Å². The average Bonchev–Trinajstić information content (AvgIpc) is 2.13. The Bertz CT molecular complexity index is 124. The Hall–Kier alpha value is -0.570. The van der Waals surface area contributed by atoms with Crippen molar-refractivity contribution in [3.63, 3.8) is 0 Å². The first-order valence-corrected chi connectivity index (χ1v) is 3.12. The van der Waals surface area contributed by atoms with Gasteiger partial charge in [0.1, 0.15) is 0 Å². The van der Waals surface area contributed by atoms with E-state index < -0.39 is 0 Å². The normalized spacial score (nSPS) is 34.8. The van der Waals surface area contributed by atoms with Gasteiger partial charge in [-0.05, 0) is 13.3 Å². The smallest absolute Gasteiger partial charge is 0.223 e. The summed E-state index contributed by atoms with van der Waals surface area (Å²) in [5.74, 6) is -0.287. The van der Waals surface area contributed by atoms with Gasteiger partial charge in [-0.3, -0.25) is 4.79 Å². The molecule has 3 heteroatoms. The Morgan fingerprint density at radius 2 is 2.44 bits per heavy atom. The predicted molar refractivity (Wildman–Crippen MR) is 32.7 cm³/mol. The first-order valence-electron chi connectivity index (χ1n) is 3.12. The van der Waals surface area contributed by atoms with E-state index in [0.29, 0.717) is 6.61 Å². The lowest BCUT2D eigenvalue weighted by molar-refractivity contribution is -0.123. The van der Waals surface area contributed by atoms with E-state index in [9.17, 15) is 4.79 Å². The van der Waals surface area contributed by atoms with Gasteiger partial charge in [0.15, 0.2) is 0 Å². The first kappa shape index (κ1) is 6.55. The van der Waals surface area contributed by atoms with Gasteiger partial charge in [-0.2, -0.15) is 0 Å². The summed E-state index contributed by atoms with van der Waals surface area (Å²) in [6, 6.07) is 0. The number of nitrogens with two attached hydrogens (primary N) is 1. The van der Waals surface area contributed by atoms with Crippen molar-refractivity contribution in [1.29, 1.82) is 0 Å². The molecule has 0 aromatic heterocycles. The zero-order valence-corrected chi connectivity index (χ0v) is 5.46. The maximum atomic E-state index is 10.6. The number of carbonyl (C=O) groups excluding carboxylic acids is 1. The molecule has 1 amide bonds. The second kappa shape index (κ2) is 2.35. The zero-order chi connectivity index (χ0) is 6.85. The molecule has 52 valence electrons. The van der Waals surface area contributed by atoms with Gasteiger partial charge in [0, 0.05) is 6.61 Å². The van der Waals surface area contributed by atoms with Crippen LogP contribution in [0.4, 0.5) is 0 Å². The zero-order valence-electron chi connectivity index (χ0n) is 5.46. The van der Waals surface area contributed by atoms with Crippen molar-refractivity contribution in [1.82, 2.24) is 0 Å². The lowest BCUT2D eigenvalue weighted by atomic mass is 10.0. The third-order valence-electron chi connectivity index (χ3n) is 1.74. The van der Waals surface area contributed by atoms with Gasteiger partial charge in [-0.1, -0.05) is 0 Å². The van der Waals surface area contributed by atoms with E-state index in [1.807, 2.05) is 6.92 Å². The second-order valence-electron chi connectivity index (χ2n) is 2.37. The lowest BCUT2D eigenvalue weighted by Crippen LogP contribution is -2.28. The molecular formula is C6H11NO2. The fourth-order valence-electron chi connectivity index (χ4n) is 1.11. The summed E-state index contributed by atoms with van der Waals surface area (Å²) in [5, 5.41) is 0. The van der Waals surface area contributed by atoms with Gasteiger partial charge >= 0.3 is 0 Å². The van der Waals surface area contributed by atoms with Gasteiger partial charge in [-0.15, -0.1) is 0 Å². The maximum absolute atomic E-state index is 10.6. The maximum Gasteiger partial charge on any atom is 0.223 e. The van der Waals surface area contributed by atoms with Crippen LogP contribution in [-0.4, -0.2) is 18.6 Å². The largest absolute Gasteiger partial charge is 0.378 e. The van der Waals surface area contributed by atoms with Gasteiger partial charge in [0.2, 0.25) is 5.91 Å². The molecule has 1 saturated heterocycles. The van der Waals surface area contributed by atoms with Crippen molar-refractivity contribution in [2.24, 2.45) is 11.7 Å². The van der Waals surface area contributed by atoms with Crippen LogP contribution >= 0.6 is 0 Å². The van der Waals surface area contributed by atoms with Crippen molar-refractivity contribution in [3.8, 4) is 0 Å². The van der Waals surface area contributed by atoms with E-state index in [1.54, 1.807) is 0 Å². The molecule has 2 atom stereocenters. The summed E-state index contributed by atoms with van der Waals surface area (Å²) in [5.41, 5.74) is 5.07. The highest BCUT2D eigenvalue weighted by molar-refractivity contribution is 5.77. The highest BCUT2D eigenvalue weighted by Gasteiger charge is 2.28. The van der Waals surface area contributed by atoms with Gasteiger partial charge in [0.25, 0.3) is 0 Å². The van der Waals surface area contributed by atoms with Crippen LogP contribution in [0.3, 0.4) is 0 Å². The minimum Gasteiger partial charge on any atom is -0.378 e. The Kier molecular flexibility index (Phi) is 1.71. The molecule has 1 rings (SSSR count). The second-order valence-corrected chi connectivity index (χ2v) is 2.37. The molecule has 1 aliphatic heterocycles. The van der Waals surface area contributed by atoms with Gasteiger partial charge in [0.05, 0.1) is 12.0 Å². The molecule has 0 radical (unpaired) electrons. The fraction of sp³-hybridized carbons (Fsp3) is 0.833. The Labute approximate surface area is 54.2 Å². The topological polar surface area (TPSA) is 52.3 Å². The number of carbonyl (C=O) groups is 1. The molecule has 0 spiro atoms. The minimum atomic E-state index is -0.236. The molecule has 3 nitrogen and oxygen atoms in total. The lowest BCUT2D eigenvalue weighted by Gasteiger charge is -2.07. The molecule has 0 aromatic carbocycles. The van der Waals surface area contributed by atoms with Crippen LogP contribution in [-0.2, 0) is 9.53 Å². The van der Waals surface area contributed by atoms with Gasteiger partial charge in [-0.25, -0.2) is 0 Å². The number of primary amides is 1. The van der Waals surface area contributed by atoms with Crippen molar-refractivity contribution < 1.29 is 9.53 Å². The highest BCUT2D eigenvalue weighted by atomic mass is 16.5. The van der Waals surface area contributed by atoms with E-state index in [-0.39, 0.29) is 17.9 Å². The van der Waals surface area contributed by atoms with E-state index in [2.05, 4.69) is 0 Å². The number of ether oxygens (including phenoxy) is 1. The molecular weight excluding hydrogens is 118 g/mol. The number of amides is 1. The van der Waals surface area contributed by atoms with Crippen molar-refractivity contribution in [3.05, 3.63) is 0 Å². The molecule has 1 aliphatic rings. The number of hydrogen-bond donors (Lipinski definition) is 1.